The molecule has 0 radical (unpaired) electrons. The standard InChI is InChI=1S/C15H21ClFNO/c1-10(2)5-15(11-3-4-18-9-11)19-14-7-12(16)6-13(17)8-14/h6-8,10-11,15,18H,3-5,9H2,1-2H3/t11?,15-/m0/s1. The SMILES string of the molecule is CC(C)C[C@H](Oc1cc(F)cc(Cl)c1)C1CCNC1. The summed E-state index contributed by atoms with van der Waals surface area (Å²) in [6, 6.07) is 4.38. The van der Waals surface area contributed by atoms with Crippen LogP contribution in [0.2, 0.25) is 5.02 Å². The second-order valence-corrected chi connectivity index (χ2v) is 6.08. The normalized spacial score (nSPS) is 20.8. The van der Waals surface area contributed by atoms with Crippen molar-refractivity contribution < 1.29 is 9.13 Å². The van der Waals surface area contributed by atoms with Gasteiger partial charge in [-0.3, -0.25) is 0 Å². The lowest BCUT2D eigenvalue weighted by Gasteiger charge is -2.26. The molecule has 0 spiro atoms. The molecular weight excluding hydrogens is 265 g/mol. The van der Waals surface area contributed by atoms with E-state index in [4.69, 9.17) is 16.3 Å². The van der Waals surface area contributed by atoms with Gasteiger partial charge < -0.3 is 10.1 Å². The van der Waals surface area contributed by atoms with E-state index in [-0.39, 0.29) is 11.9 Å². The van der Waals surface area contributed by atoms with Crippen LogP contribution in [-0.2, 0) is 0 Å². The molecule has 1 fully saturated rings. The van der Waals surface area contributed by atoms with Crippen LogP contribution < -0.4 is 10.1 Å². The van der Waals surface area contributed by atoms with Crippen molar-refractivity contribution >= 4 is 11.6 Å². The van der Waals surface area contributed by atoms with Crippen molar-refractivity contribution in [3.63, 3.8) is 0 Å². The van der Waals surface area contributed by atoms with Gasteiger partial charge in [0.1, 0.15) is 17.7 Å². The summed E-state index contributed by atoms with van der Waals surface area (Å²) < 4.78 is 19.3. The molecule has 2 rings (SSSR count). The molecule has 1 heterocycles. The fraction of sp³-hybridized carbons (Fsp3) is 0.600. The smallest absolute Gasteiger partial charge is 0.128 e. The van der Waals surface area contributed by atoms with Gasteiger partial charge in [0.05, 0.1) is 0 Å². The van der Waals surface area contributed by atoms with Gasteiger partial charge in [0.15, 0.2) is 0 Å². The molecule has 1 aliphatic rings. The van der Waals surface area contributed by atoms with E-state index in [0.717, 1.165) is 25.9 Å². The number of hydrogen-bond acceptors (Lipinski definition) is 2. The van der Waals surface area contributed by atoms with Gasteiger partial charge in [0.25, 0.3) is 0 Å². The quantitative estimate of drug-likeness (QED) is 0.886. The second-order valence-electron chi connectivity index (χ2n) is 5.64. The van der Waals surface area contributed by atoms with E-state index in [2.05, 4.69) is 19.2 Å². The Morgan fingerprint density at radius 3 is 2.79 bits per heavy atom. The van der Waals surface area contributed by atoms with Gasteiger partial charge in [-0.2, -0.15) is 0 Å². The monoisotopic (exact) mass is 285 g/mol. The number of rotatable bonds is 5. The minimum absolute atomic E-state index is 0.118. The van der Waals surface area contributed by atoms with Crippen molar-refractivity contribution in [2.24, 2.45) is 11.8 Å². The van der Waals surface area contributed by atoms with Crippen LogP contribution in [0, 0.1) is 17.7 Å². The Labute approximate surface area is 119 Å². The first-order chi connectivity index (χ1) is 9.04. The van der Waals surface area contributed by atoms with Gasteiger partial charge in [0, 0.05) is 23.6 Å². The number of hydrogen-bond donors (Lipinski definition) is 1. The average Bonchev–Trinajstić information content (AvgIpc) is 2.79. The molecule has 1 saturated heterocycles. The van der Waals surface area contributed by atoms with Crippen LogP contribution in [0.4, 0.5) is 4.39 Å². The maximum absolute atomic E-state index is 13.3. The topological polar surface area (TPSA) is 21.3 Å². The first kappa shape index (κ1) is 14.6. The first-order valence-electron chi connectivity index (χ1n) is 6.88. The zero-order valence-electron chi connectivity index (χ0n) is 11.5. The highest BCUT2D eigenvalue weighted by Gasteiger charge is 2.27. The molecule has 0 saturated carbocycles. The summed E-state index contributed by atoms with van der Waals surface area (Å²) in [4.78, 5) is 0. The maximum atomic E-state index is 13.3. The van der Waals surface area contributed by atoms with Gasteiger partial charge in [-0.05, 0) is 37.4 Å². The summed E-state index contributed by atoms with van der Waals surface area (Å²) in [5.74, 6) is 1.22. The Hall–Kier alpha value is -0.800. The summed E-state index contributed by atoms with van der Waals surface area (Å²) in [6.45, 7) is 6.36. The molecule has 106 valence electrons. The van der Waals surface area contributed by atoms with Crippen molar-refractivity contribution in [2.75, 3.05) is 13.1 Å². The van der Waals surface area contributed by atoms with E-state index in [1.807, 2.05) is 0 Å². The molecule has 19 heavy (non-hydrogen) atoms. The molecule has 1 unspecified atom stereocenters. The van der Waals surface area contributed by atoms with Gasteiger partial charge in [-0.1, -0.05) is 25.4 Å². The molecule has 0 bridgehead atoms. The van der Waals surface area contributed by atoms with Crippen LogP contribution in [0.1, 0.15) is 26.7 Å². The van der Waals surface area contributed by atoms with Crippen LogP contribution in [0.25, 0.3) is 0 Å². The minimum Gasteiger partial charge on any atom is -0.490 e. The Balaban J connectivity index is 2.09. The van der Waals surface area contributed by atoms with Crippen molar-refractivity contribution in [3.8, 4) is 5.75 Å². The number of ether oxygens (including phenoxy) is 1. The number of benzene rings is 1. The Morgan fingerprint density at radius 1 is 1.42 bits per heavy atom. The van der Waals surface area contributed by atoms with E-state index in [1.54, 1.807) is 6.07 Å². The summed E-state index contributed by atoms with van der Waals surface area (Å²) in [6.07, 6.45) is 2.20. The van der Waals surface area contributed by atoms with Crippen LogP contribution in [0.5, 0.6) is 5.75 Å². The van der Waals surface area contributed by atoms with Crippen LogP contribution in [-0.4, -0.2) is 19.2 Å². The second kappa shape index (κ2) is 6.58. The summed E-state index contributed by atoms with van der Waals surface area (Å²) >= 11 is 5.87. The summed E-state index contributed by atoms with van der Waals surface area (Å²) in [5, 5.41) is 3.73. The fourth-order valence-corrected chi connectivity index (χ4v) is 2.78. The van der Waals surface area contributed by atoms with Crippen molar-refractivity contribution in [2.45, 2.75) is 32.8 Å². The molecule has 0 amide bonds. The maximum Gasteiger partial charge on any atom is 0.128 e. The zero-order chi connectivity index (χ0) is 13.8. The molecule has 0 aromatic heterocycles. The van der Waals surface area contributed by atoms with Crippen LogP contribution in [0.15, 0.2) is 18.2 Å². The molecule has 1 aromatic carbocycles. The van der Waals surface area contributed by atoms with Gasteiger partial charge >= 0.3 is 0 Å². The van der Waals surface area contributed by atoms with Gasteiger partial charge in [0.2, 0.25) is 0 Å². The Bertz CT molecular complexity index is 398. The van der Waals surface area contributed by atoms with Gasteiger partial charge in [-0.25, -0.2) is 4.39 Å². The third kappa shape index (κ3) is 4.36. The molecular formula is C15H21ClFNO. The fourth-order valence-electron chi connectivity index (χ4n) is 2.57. The van der Waals surface area contributed by atoms with E-state index < -0.39 is 0 Å². The summed E-state index contributed by atoms with van der Waals surface area (Å²) in [5.41, 5.74) is 0. The van der Waals surface area contributed by atoms with Crippen LogP contribution in [0.3, 0.4) is 0 Å². The lowest BCUT2D eigenvalue weighted by Crippen LogP contribution is -2.30. The van der Waals surface area contributed by atoms with Crippen molar-refractivity contribution in [1.29, 1.82) is 0 Å². The molecule has 2 nitrogen and oxygen atoms in total. The first-order valence-corrected chi connectivity index (χ1v) is 7.26. The summed E-state index contributed by atoms with van der Waals surface area (Å²) in [7, 11) is 0. The van der Waals surface area contributed by atoms with Crippen LogP contribution >= 0.6 is 11.6 Å². The highest BCUT2D eigenvalue weighted by atomic mass is 35.5. The third-order valence-corrected chi connectivity index (χ3v) is 3.67. The molecule has 4 heteroatoms. The highest BCUT2D eigenvalue weighted by Crippen LogP contribution is 2.27. The van der Waals surface area contributed by atoms with E-state index in [1.165, 1.54) is 12.1 Å². The highest BCUT2D eigenvalue weighted by molar-refractivity contribution is 6.30. The molecule has 1 aliphatic heterocycles. The van der Waals surface area contributed by atoms with E-state index in [9.17, 15) is 4.39 Å². The Morgan fingerprint density at radius 2 is 2.21 bits per heavy atom. The number of halogens is 2. The lowest BCUT2D eigenvalue weighted by atomic mass is 9.93. The molecule has 1 N–H and O–H groups in total. The third-order valence-electron chi connectivity index (χ3n) is 3.45. The van der Waals surface area contributed by atoms with E-state index >= 15 is 0 Å². The lowest BCUT2D eigenvalue weighted by molar-refractivity contribution is 0.119. The predicted octanol–water partition coefficient (Wildman–Crippen LogP) is 3.88. The van der Waals surface area contributed by atoms with Gasteiger partial charge in [-0.15, -0.1) is 0 Å². The van der Waals surface area contributed by atoms with E-state index in [0.29, 0.717) is 22.6 Å². The number of nitrogens with one attached hydrogen (secondary N) is 1. The predicted molar refractivity (Wildman–Crippen MR) is 76.3 cm³/mol. The molecule has 0 aliphatic carbocycles. The zero-order valence-corrected chi connectivity index (χ0v) is 12.2. The average molecular weight is 286 g/mol. The minimum atomic E-state index is -0.352. The van der Waals surface area contributed by atoms with Crippen molar-refractivity contribution in [1.82, 2.24) is 5.32 Å². The molecule has 1 aromatic rings. The Kier molecular flexibility index (Phi) is 5.06. The van der Waals surface area contributed by atoms with Crippen molar-refractivity contribution in [3.05, 3.63) is 29.0 Å². The molecule has 2 atom stereocenters. The largest absolute Gasteiger partial charge is 0.490 e.